The van der Waals surface area contributed by atoms with Gasteiger partial charge in [0.25, 0.3) is 5.91 Å². The molecule has 4 rings (SSSR count). The van der Waals surface area contributed by atoms with Gasteiger partial charge in [0.05, 0.1) is 6.04 Å². The van der Waals surface area contributed by atoms with Gasteiger partial charge in [-0.15, -0.1) is 0 Å². The minimum absolute atomic E-state index is 0.00704. The molecular weight excluding hydrogens is 420 g/mol. The summed E-state index contributed by atoms with van der Waals surface area (Å²) in [5.41, 5.74) is 4.04. The fourth-order valence-corrected chi connectivity index (χ4v) is 4.26. The second kappa shape index (κ2) is 10.0. The molecule has 1 N–H and O–H groups in total. The zero-order chi connectivity index (χ0) is 22.5. The van der Waals surface area contributed by atoms with Gasteiger partial charge in [0, 0.05) is 29.6 Å². The van der Waals surface area contributed by atoms with E-state index in [0.717, 1.165) is 11.1 Å². The summed E-state index contributed by atoms with van der Waals surface area (Å²) >= 11 is 5.91. The van der Waals surface area contributed by atoms with Crippen LogP contribution in [0.3, 0.4) is 0 Å². The number of carbonyl (C=O) groups excluding carboxylic acids is 2. The maximum Gasteiger partial charge on any atom is 0.253 e. The first-order valence-electron chi connectivity index (χ1n) is 11.0. The number of nitrogens with zero attached hydrogens (tertiary/aromatic N) is 1. The highest BCUT2D eigenvalue weighted by molar-refractivity contribution is 6.30. The third-order valence-electron chi connectivity index (χ3n) is 6.12. The molecule has 1 heterocycles. The van der Waals surface area contributed by atoms with E-state index < -0.39 is 0 Å². The molecule has 0 aromatic heterocycles. The highest BCUT2D eigenvalue weighted by atomic mass is 35.5. The molecule has 0 aliphatic carbocycles. The SMILES string of the molecule is C[C@H](NC(=O)C1CCN(C(=O)c2ccc(Cl)cc2)CC1)c1ccc(-c2ccccc2)cc1. The standard InChI is InChI=1S/C27H27ClN2O2/c1-19(20-7-9-22(10-8-20)21-5-3-2-4-6-21)29-26(31)23-15-17-30(18-16-23)27(32)24-11-13-25(28)14-12-24/h2-14,19,23H,15-18H2,1H3,(H,29,31)/t19-/m0/s1. The van der Waals surface area contributed by atoms with Crippen LogP contribution in [0.5, 0.6) is 0 Å². The molecule has 164 valence electrons. The van der Waals surface area contributed by atoms with Gasteiger partial charge >= 0.3 is 0 Å². The fraction of sp³-hybridized carbons (Fsp3) is 0.259. The third-order valence-corrected chi connectivity index (χ3v) is 6.37. The van der Waals surface area contributed by atoms with Crippen molar-refractivity contribution in [3.05, 3.63) is 95.0 Å². The quantitative estimate of drug-likeness (QED) is 0.543. The Balaban J connectivity index is 1.30. The van der Waals surface area contributed by atoms with Crippen molar-refractivity contribution in [1.82, 2.24) is 10.2 Å². The monoisotopic (exact) mass is 446 g/mol. The lowest BCUT2D eigenvalue weighted by atomic mass is 9.94. The normalized spacial score (nSPS) is 15.2. The molecule has 0 bridgehead atoms. The topological polar surface area (TPSA) is 49.4 Å². The average molecular weight is 447 g/mol. The number of likely N-dealkylation sites (tertiary alicyclic amines) is 1. The Bertz CT molecular complexity index is 1060. The Labute approximate surface area is 194 Å². The summed E-state index contributed by atoms with van der Waals surface area (Å²) in [6.45, 7) is 3.17. The van der Waals surface area contributed by atoms with E-state index in [1.54, 1.807) is 24.3 Å². The number of halogens is 1. The van der Waals surface area contributed by atoms with Crippen LogP contribution in [0.2, 0.25) is 5.02 Å². The molecule has 3 aromatic carbocycles. The van der Waals surface area contributed by atoms with Gasteiger partial charge < -0.3 is 10.2 Å². The maximum atomic E-state index is 12.8. The number of rotatable bonds is 5. The Hall–Kier alpha value is -3.11. The van der Waals surface area contributed by atoms with Crippen LogP contribution in [0.25, 0.3) is 11.1 Å². The molecule has 0 unspecified atom stereocenters. The molecule has 2 amide bonds. The Morgan fingerprint density at radius 3 is 2.09 bits per heavy atom. The number of nitrogens with one attached hydrogen (secondary N) is 1. The molecular formula is C27H27ClN2O2. The molecule has 0 spiro atoms. The van der Waals surface area contributed by atoms with E-state index in [9.17, 15) is 9.59 Å². The molecule has 1 aliphatic rings. The third kappa shape index (κ3) is 5.20. The first-order valence-corrected chi connectivity index (χ1v) is 11.4. The molecule has 0 saturated carbocycles. The molecule has 32 heavy (non-hydrogen) atoms. The van der Waals surface area contributed by atoms with Gasteiger partial charge in [-0.3, -0.25) is 9.59 Å². The largest absolute Gasteiger partial charge is 0.349 e. The zero-order valence-electron chi connectivity index (χ0n) is 18.1. The summed E-state index contributed by atoms with van der Waals surface area (Å²) in [5.74, 6) is -0.0223. The lowest BCUT2D eigenvalue weighted by Gasteiger charge is -2.32. The van der Waals surface area contributed by atoms with Gasteiger partial charge in [0.2, 0.25) is 5.91 Å². The molecule has 5 heteroatoms. The number of benzene rings is 3. The van der Waals surface area contributed by atoms with Crippen molar-refractivity contribution in [3.63, 3.8) is 0 Å². The summed E-state index contributed by atoms with van der Waals surface area (Å²) in [5, 5.41) is 3.76. The van der Waals surface area contributed by atoms with Gasteiger partial charge in [-0.05, 0) is 60.7 Å². The molecule has 4 nitrogen and oxygen atoms in total. The van der Waals surface area contributed by atoms with E-state index in [1.165, 1.54) is 5.56 Å². The van der Waals surface area contributed by atoms with Crippen LogP contribution in [0.1, 0.15) is 41.7 Å². The zero-order valence-corrected chi connectivity index (χ0v) is 18.9. The maximum absolute atomic E-state index is 12.8. The number of piperidine rings is 1. The Kier molecular flexibility index (Phi) is 6.91. The summed E-state index contributed by atoms with van der Waals surface area (Å²) in [4.78, 5) is 27.3. The minimum atomic E-state index is -0.0738. The van der Waals surface area contributed by atoms with Gasteiger partial charge in [0.1, 0.15) is 0 Å². The Morgan fingerprint density at radius 1 is 0.875 bits per heavy atom. The molecule has 1 fully saturated rings. The van der Waals surface area contributed by atoms with Gasteiger partial charge in [-0.1, -0.05) is 66.2 Å². The molecule has 0 radical (unpaired) electrons. The summed E-state index contributed by atoms with van der Waals surface area (Å²) in [6, 6.07) is 25.4. The second-order valence-electron chi connectivity index (χ2n) is 8.29. The van der Waals surface area contributed by atoms with Crippen molar-refractivity contribution in [2.24, 2.45) is 5.92 Å². The van der Waals surface area contributed by atoms with E-state index in [1.807, 2.05) is 30.0 Å². The van der Waals surface area contributed by atoms with Crippen LogP contribution in [-0.4, -0.2) is 29.8 Å². The predicted octanol–water partition coefficient (Wildman–Crippen LogP) is 5.74. The van der Waals surface area contributed by atoms with Crippen molar-refractivity contribution in [2.75, 3.05) is 13.1 Å². The van der Waals surface area contributed by atoms with Crippen LogP contribution in [0.4, 0.5) is 0 Å². The first-order chi connectivity index (χ1) is 15.5. The van der Waals surface area contributed by atoms with Crippen LogP contribution in [0, 0.1) is 5.92 Å². The van der Waals surface area contributed by atoms with Crippen LogP contribution >= 0.6 is 11.6 Å². The molecule has 1 aliphatic heterocycles. The minimum Gasteiger partial charge on any atom is -0.349 e. The van der Waals surface area contributed by atoms with Crippen molar-refractivity contribution >= 4 is 23.4 Å². The number of amides is 2. The predicted molar refractivity (Wildman–Crippen MR) is 129 cm³/mol. The first kappa shape index (κ1) is 22.1. The lowest BCUT2D eigenvalue weighted by molar-refractivity contribution is -0.126. The summed E-state index contributed by atoms with van der Waals surface area (Å²) < 4.78 is 0. The molecule has 1 saturated heterocycles. The van der Waals surface area contributed by atoms with E-state index in [0.29, 0.717) is 36.5 Å². The fourth-order valence-electron chi connectivity index (χ4n) is 4.13. The van der Waals surface area contributed by atoms with E-state index >= 15 is 0 Å². The van der Waals surface area contributed by atoms with Gasteiger partial charge in [0.15, 0.2) is 0 Å². The number of hydrogen-bond acceptors (Lipinski definition) is 2. The van der Waals surface area contributed by atoms with E-state index in [-0.39, 0.29) is 23.8 Å². The number of carbonyl (C=O) groups is 2. The average Bonchev–Trinajstić information content (AvgIpc) is 2.85. The molecule has 3 aromatic rings. The van der Waals surface area contributed by atoms with Crippen molar-refractivity contribution in [2.45, 2.75) is 25.8 Å². The van der Waals surface area contributed by atoms with Crippen molar-refractivity contribution in [1.29, 1.82) is 0 Å². The molecule has 1 atom stereocenters. The summed E-state index contributed by atoms with van der Waals surface area (Å²) in [6.07, 6.45) is 1.34. The Morgan fingerprint density at radius 2 is 1.47 bits per heavy atom. The van der Waals surface area contributed by atoms with Crippen LogP contribution < -0.4 is 5.32 Å². The van der Waals surface area contributed by atoms with Gasteiger partial charge in [-0.25, -0.2) is 0 Å². The second-order valence-corrected chi connectivity index (χ2v) is 8.73. The van der Waals surface area contributed by atoms with E-state index in [4.69, 9.17) is 11.6 Å². The highest BCUT2D eigenvalue weighted by Gasteiger charge is 2.28. The van der Waals surface area contributed by atoms with Crippen LogP contribution in [-0.2, 0) is 4.79 Å². The van der Waals surface area contributed by atoms with E-state index in [2.05, 4.69) is 41.7 Å². The lowest BCUT2D eigenvalue weighted by Crippen LogP contribution is -2.43. The van der Waals surface area contributed by atoms with Crippen molar-refractivity contribution < 1.29 is 9.59 Å². The van der Waals surface area contributed by atoms with Crippen molar-refractivity contribution in [3.8, 4) is 11.1 Å². The van der Waals surface area contributed by atoms with Gasteiger partial charge in [-0.2, -0.15) is 0 Å². The smallest absolute Gasteiger partial charge is 0.253 e. The highest BCUT2D eigenvalue weighted by Crippen LogP contribution is 2.24. The number of hydrogen-bond donors (Lipinski definition) is 1. The van der Waals surface area contributed by atoms with Crippen LogP contribution in [0.15, 0.2) is 78.9 Å². The summed E-state index contributed by atoms with van der Waals surface area (Å²) in [7, 11) is 0.